The quantitative estimate of drug-likeness (QED) is 0.123. The number of carbonyl (C=O) groups is 2. The molecule has 2 rings (SSSR count). The number of amides is 1. The Morgan fingerprint density at radius 3 is 2.50 bits per heavy atom. The smallest absolute Gasteiger partial charge is 0.336 e. The Morgan fingerprint density at radius 2 is 1.85 bits per heavy atom. The third-order valence-electron chi connectivity index (χ3n) is 4.54. The van der Waals surface area contributed by atoms with Crippen molar-refractivity contribution in [1.29, 1.82) is 5.26 Å². The highest BCUT2D eigenvalue weighted by atomic mass is 16.6. The molecule has 2 aromatic rings. The number of rotatable bonds is 12. The maximum atomic E-state index is 12.3. The lowest BCUT2D eigenvalue weighted by atomic mass is 10.1. The molecule has 0 radical (unpaired) electrons. The second kappa shape index (κ2) is 14.0. The Bertz CT molecular complexity index is 1090. The van der Waals surface area contributed by atoms with E-state index in [1.807, 2.05) is 30.3 Å². The number of nitrogens with zero attached hydrogens (tertiary/aromatic N) is 1. The minimum absolute atomic E-state index is 0.0710. The number of methoxy groups -OCH3 is 1. The first-order chi connectivity index (χ1) is 16.5. The van der Waals surface area contributed by atoms with Crippen LogP contribution < -0.4 is 19.5 Å². The maximum absolute atomic E-state index is 12.3. The van der Waals surface area contributed by atoms with Crippen LogP contribution in [0, 0.1) is 11.3 Å². The normalized spacial score (nSPS) is 10.9. The fourth-order valence-corrected chi connectivity index (χ4v) is 2.75. The second-order valence-electron chi connectivity index (χ2n) is 7.10. The van der Waals surface area contributed by atoms with Gasteiger partial charge in [-0.3, -0.25) is 4.79 Å². The highest BCUT2D eigenvalue weighted by Gasteiger charge is 2.11. The fraction of sp³-hybridized carbons (Fsp3) is 0.222. The molecule has 0 saturated carbocycles. The predicted octanol–water partition coefficient (Wildman–Crippen LogP) is 4.70. The monoisotopic (exact) mass is 460 g/mol. The zero-order valence-corrected chi connectivity index (χ0v) is 19.4. The van der Waals surface area contributed by atoms with Gasteiger partial charge in [-0.1, -0.05) is 37.6 Å². The van der Waals surface area contributed by atoms with E-state index < -0.39 is 11.9 Å². The lowest BCUT2D eigenvalue weighted by molar-refractivity contribution is -0.129. The van der Waals surface area contributed by atoms with Crippen molar-refractivity contribution in [3.63, 3.8) is 0 Å². The zero-order chi connectivity index (χ0) is 24.8. The van der Waals surface area contributed by atoms with Gasteiger partial charge in [0.2, 0.25) is 0 Å². The minimum Gasteiger partial charge on any atom is -0.494 e. The summed E-state index contributed by atoms with van der Waals surface area (Å²) in [5.74, 6) is 0.190. The predicted molar refractivity (Wildman–Crippen MR) is 131 cm³/mol. The van der Waals surface area contributed by atoms with Crippen molar-refractivity contribution in [2.45, 2.75) is 19.8 Å². The molecular weight excluding hydrogens is 432 g/mol. The molecule has 7 nitrogen and oxygen atoms in total. The second-order valence-corrected chi connectivity index (χ2v) is 7.10. The number of nitriles is 1. The van der Waals surface area contributed by atoms with Gasteiger partial charge in [0.15, 0.2) is 11.5 Å². The number of hydrogen-bond donors (Lipinski definition) is 1. The first-order valence-electron chi connectivity index (χ1n) is 10.8. The van der Waals surface area contributed by atoms with Gasteiger partial charge in [-0.2, -0.15) is 5.26 Å². The van der Waals surface area contributed by atoms with Crippen molar-refractivity contribution in [2.24, 2.45) is 0 Å². The lowest BCUT2D eigenvalue weighted by Gasteiger charge is -2.09. The van der Waals surface area contributed by atoms with Gasteiger partial charge >= 0.3 is 5.97 Å². The van der Waals surface area contributed by atoms with E-state index in [1.165, 1.54) is 31.4 Å². The van der Waals surface area contributed by atoms with Crippen molar-refractivity contribution in [3.8, 4) is 23.3 Å². The summed E-state index contributed by atoms with van der Waals surface area (Å²) in [5.41, 5.74) is 1.29. The molecular formula is C27H28N2O5. The minimum atomic E-state index is -0.577. The van der Waals surface area contributed by atoms with E-state index in [1.54, 1.807) is 18.2 Å². The molecule has 0 heterocycles. The fourth-order valence-electron chi connectivity index (χ4n) is 2.75. The van der Waals surface area contributed by atoms with E-state index in [0.717, 1.165) is 24.2 Å². The summed E-state index contributed by atoms with van der Waals surface area (Å²) in [7, 11) is 1.43. The summed E-state index contributed by atoms with van der Waals surface area (Å²) < 4.78 is 16.3. The average Bonchev–Trinajstić information content (AvgIpc) is 2.86. The lowest BCUT2D eigenvalue weighted by Crippen LogP contribution is -2.24. The Kier molecular flexibility index (Phi) is 10.7. The van der Waals surface area contributed by atoms with E-state index in [4.69, 9.17) is 14.2 Å². The standard InChI is InChI=1S/C27H28N2O5/c1-4-6-16-33-23-11-7-20(8-12-23)10-14-26(30)34-24-13-9-21(18-25(24)32-3)17-22(19-28)27(31)29-15-5-2/h5,7-14,17-18H,2,4,6,15-16H2,1,3H3,(H,29,31)/b14-10+,22-17+. The number of benzene rings is 2. The van der Waals surface area contributed by atoms with Crippen molar-refractivity contribution in [3.05, 3.63) is 77.9 Å². The van der Waals surface area contributed by atoms with Crippen molar-refractivity contribution in [1.82, 2.24) is 5.32 Å². The molecule has 0 aliphatic rings. The van der Waals surface area contributed by atoms with Crippen LogP contribution in [0.15, 0.2) is 66.8 Å². The highest BCUT2D eigenvalue weighted by Crippen LogP contribution is 2.29. The molecule has 1 amide bonds. The van der Waals surface area contributed by atoms with Crippen LogP contribution in [0.3, 0.4) is 0 Å². The molecule has 0 fully saturated rings. The number of carbonyl (C=O) groups excluding carboxylic acids is 2. The number of hydrogen-bond acceptors (Lipinski definition) is 6. The van der Waals surface area contributed by atoms with Gasteiger partial charge in [0.05, 0.1) is 13.7 Å². The van der Waals surface area contributed by atoms with Crippen molar-refractivity contribution in [2.75, 3.05) is 20.3 Å². The van der Waals surface area contributed by atoms with Gasteiger partial charge < -0.3 is 19.5 Å². The molecule has 0 saturated heterocycles. The molecule has 0 spiro atoms. The molecule has 2 aromatic carbocycles. The molecule has 0 bridgehead atoms. The summed E-state index contributed by atoms with van der Waals surface area (Å²) in [6.07, 6.45) is 7.97. The summed E-state index contributed by atoms with van der Waals surface area (Å²) in [6, 6.07) is 14.0. The van der Waals surface area contributed by atoms with Gasteiger partial charge in [-0.05, 0) is 54.0 Å². The number of unbranched alkanes of at least 4 members (excludes halogenated alkanes) is 1. The molecule has 0 aliphatic carbocycles. The van der Waals surface area contributed by atoms with Gasteiger partial charge in [0.25, 0.3) is 5.91 Å². The first kappa shape index (κ1) is 25.9. The Morgan fingerprint density at radius 1 is 1.12 bits per heavy atom. The Hall–Kier alpha value is -4.31. The number of esters is 1. The zero-order valence-electron chi connectivity index (χ0n) is 19.4. The molecule has 0 unspecified atom stereocenters. The number of nitrogens with one attached hydrogen (secondary N) is 1. The molecule has 7 heteroatoms. The highest BCUT2D eigenvalue weighted by molar-refractivity contribution is 6.01. The molecule has 1 N–H and O–H groups in total. The van der Waals surface area contributed by atoms with Crippen LogP contribution in [0.2, 0.25) is 0 Å². The SMILES string of the molecule is C=CCNC(=O)/C(C#N)=C/c1ccc(OC(=O)/C=C/c2ccc(OCCCC)cc2)c(OC)c1. The van der Waals surface area contributed by atoms with Crippen LogP contribution in [0.25, 0.3) is 12.2 Å². The third kappa shape index (κ3) is 8.32. The molecule has 0 aromatic heterocycles. The largest absolute Gasteiger partial charge is 0.494 e. The van der Waals surface area contributed by atoms with Gasteiger partial charge in [0.1, 0.15) is 17.4 Å². The van der Waals surface area contributed by atoms with Gasteiger partial charge in [0, 0.05) is 12.6 Å². The molecule has 34 heavy (non-hydrogen) atoms. The summed E-state index contributed by atoms with van der Waals surface area (Å²) in [5, 5.41) is 11.8. The molecule has 0 atom stereocenters. The first-order valence-corrected chi connectivity index (χ1v) is 10.8. The topological polar surface area (TPSA) is 97.7 Å². The average molecular weight is 461 g/mol. The van der Waals surface area contributed by atoms with Crippen LogP contribution in [0.4, 0.5) is 0 Å². The van der Waals surface area contributed by atoms with Gasteiger partial charge in [-0.25, -0.2) is 4.79 Å². The van der Waals surface area contributed by atoms with E-state index in [9.17, 15) is 14.9 Å². The van der Waals surface area contributed by atoms with Gasteiger partial charge in [-0.15, -0.1) is 6.58 Å². The number of ether oxygens (including phenoxy) is 3. The van der Waals surface area contributed by atoms with Crippen LogP contribution in [0.1, 0.15) is 30.9 Å². The van der Waals surface area contributed by atoms with E-state index in [2.05, 4.69) is 18.8 Å². The third-order valence-corrected chi connectivity index (χ3v) is 4.54. The molecule has 176 valence electrons. The van der Waals surface area contributed by atoms with Crippen LogP contribution in [-0.2, 0) is 9.59 Å². The molecule has 0 aliphatic heterocycles. The Labute approximate surface area is 199 Å². The van der Waals surface area contributed by atoms with Crippen molar-refractivity contribution < 1.29 is 23.8 Å². The van der Waals surface area contributed by atoms with Crippen LogP contribution in [0.5, 0.6) is 17.2 Å². The Balaban J connectivity index is 2.05. The van der Waals surface area contributed by atoms with E-state index in [0.29, 0.717) is 12.2 Å². The maximum Gasteiger partial charge on any atom is 0.336 e. The van der Waals surface area contributed by atoms with Crippen LogP contribution in [-0.4, -0.2) is 32.1 Å². The summed E-state index contributed by atoms with van der Waals surface area (Å²) >= 11 is 0. The van der Waals surface area contributed by atoms with E-state index in [-0.39, 0.29) is 23.6 Å². The van der Waals surface area contributed by atoms with Crippen LogP contribution >= 0.6 is 0 Å². The summed E-state index contributed by atoms with van der Waals surface area (Å²) in [6.45, 7) is 6.55. The van der Waals surface area contributed by atoms with Crippen molar-refractivity contribution >= 4 is 24.0 Å². The summed E-state index contributed by atoms with van der Waals surface area (Å²) in [4.78, 5) is 24.3. The van der Waals surface area contributed by atoms with E-state index >= 15 is 0 Å².